The third kappa shape index (κ3) is 5.59. The van der Waals surface area contributed by atoms with E-state index in [0.29, 0.717) is 0 Å². The van der Waals surface area contributed by atoms with Gasteiger partial charge in [-0.1, -0.05) is 27.2 Å². The van der Waals surface area contributed by atoms with E-state index in [1.165, 1.54) is 25.8 Å². The second-order valence-corrected chi connectivity index (χ2v) is 6.12. The molecule has 0 bridgehead atoms. The summed E-state index contributed by atoms with van der Waals surface area (Å²) in [6.07, 6.45) is 5.28. The van der Waals surface area contributed by atoms with Gasteiger partial charge in [0.25, 0.3) is 0 Å². The average Bonchev–Trinajstić information content (AvgIpc) is 2.28. The van der Waals surface area contributed by atoms with Crippen LogP contribution in [0.5, 0.6) is 0 Å². The van der Waals surface area contributed by atoms with Crippen molar-refractivity contribution in [1.82, 2.24) is 5.32 Å². The smallest absolute Gasteiger partial charge is 0.0120 e. The predicted octanol–water partition coefficient (Wildman–Crippen LogP) is 3.70. The Hall–Kier alpha value is -0.480. The molecule has 1 heteroatoms. The van der Waals surface area contributed by atoms with E-state index >= 15 is 0 Å². The second kappa shape index (κ2) is 7.77. The van der Waals surface area contributed by atoms with E-state index in [1.807, 2.05) is 6.92 Å². The van der Waals surface area contributed by atoms with Gasteiger partial charge in [-0.25, -0.2) is 0 Å². The van der Waals surface area contributed by atoms with Gasteiger partial charge in [0.15, 0.2) is 0 Å². The van der Waals surface area contributed by atoms with Crippen molar-refractivity contribution in [2.24, 2.45) is 23.7 Å². The van der Waals surface area contributed by atoms with Crippen LogP contribution >= 0.6 is 0 Å². The monoisotopic (exact) mass is 235 g/mol. The molecule has 1 nitrogen and oxygen atoms in total. The molecule has 0 spiro atoms. The minimum absolute atomic E-state index is 0.756. The summed E-state index contributed by atoms with van der Waals surface area (Å²) in [6, 6.07) is 0. The summed E-state index contributed by atoms with van der Waals surface area (Å²) >= 11 is 0. The Bertz CT molecular complexity index is 258. The van der Waals surface area contributed by atoms with Crippen LogP contribution in [-0.2, 0) is 0 Å². The first-order valence-corrected chi connectivity index (χ1v) is 7.23. The van der Waals surface area contributed by atoms with Gasteiger partial charge in [0.05, 0.1) is 0 Å². The van der Waals surface area contributed by atoms with Crippen molar-refractivity contribution in [2.75, 3.05) is 13.1 Å². The fourth-order valence-electron chi connectivity index (χ4n) is 2.87. The van der Waals surface area contributed by atoms with Crippen molar-refractivity contribution in [1.29, 1.82) is 0 Å². The van der Waals surface area contributed by atoms with Gasteiger partial charge in [-0.2, -0.15) is 0 Å². The highest BCUT2D eigenvalue weighted by atomic mass is 14.9. The molecule has 1 aliphatic rings. The van der Waals surface area contributed by atoms with Gasteiger partial charge >= 0.3 is 0 Å². The predicted molar refractivity (Wildman–Crippen MR) is 75.8 cm³/mol. The van der Waals surface area contributed by atoms with Gasteiger partial charge in [-0.15, -0.1) is 11.8 Å². The lowest BCUT2D eigenvalue weighted by atomic mass is 9.73. The molecule has 1 rings (SSSR count). The third-order valence-corrected chi connectivity index (χ3v) is 3.90. The highest BCUT2D eigenvalue weighted by Gasteiger charge is 2.27. The molecule has 17 heavy (non-hydrogen) atoms. The van der Waals surface area contributed by atoms with E-state index in [2.05, 4.69) is 37.9 Å². The molecule has 0 aliphatic heterocycles. The molecule has 1 aliphatic carbocycles. The van der Waals surface area contributed by atoms with Gasteiger partial charge in [0, 0.05) is 6.42 Å². The van der Waals surface area contributed by atoms with Gasteiger partial charge in [0.1, 0.15) is 0 Å². The van der Waals surface area contributed by atoms with Crippen LogP contribution in [-0.4, -0.2) is 13.1 Å². The standard InChI is InChI=1S/C16H29N/c1-5-6-7-15-10-14(4)8-9-16(15)12-17-11-13(2)3/h13-17H,7-12H2,1-4H3. The van der Waals surface area contributed by atoms with Crippen molar-refractivity contribution in [2.45, 2.75) is 53.4 Å². The summed E-state index contributed by atoms with van der Waals surface area (Å²) in [5.74, 6) is 9.68. The minimum atomic E-state index is 0.756. The molecular weight excluding hydrogens is 206 g/mol. The van der Waals surface area contributed by atoms with Crippen LogP contribution in [0, 0.1) is 35.5 Å². The minimum Gasteiger partial charge on any atom is -0.316 e. The Morgan fingerprint density at radius 2 is 2.00 bits per heavy atom. The van der Waals surface area contributed by atoms with Crippen molar-refractivity contribution in [3.8, 4) is 11.8 Å². The summed E-state index contributed by atoms with van der Waals surface area (Å²) in [5.41, 5.74) is 0. The Morgan fingerprint density at radius 1 is 1.24 bits per heavy atom. The zero-order chi connectivity index (χ0) is 12.7. The number of hydrogen-bond acceptors (Lipinski definition) is 1. The maximum absolute atomic E-state index is 3.63. The molecule has 0 radical (unpaired) electrons. The summed E-state index contributed by atoms with van der Waals surface area (Å²) in [5, 5.41) is 3.63. The van der Waals surface area contributed by atoms with Gasteiger partial charge in [-0.05, 0) is 56.5 Å². The molecular formula is C16H29N. The fourth-order valence-corrected chi connectivity index (χ4v) is 2.87. The molecule has 1 fully saturated rings. The van der Waals surface area contributed by atoms with E-state index in [1.54, 1.807) is 0 Å². The highest BCUT2D eigenvalue weighted by molar-refractivity contribution is 4.98. The fraction of sp³-hybridized carbons (Fsp3) is 0.875. The Morgan fingerprint density at radius 3 is 2.65 bits per heavy atom. The summed E-state index contributed by atoms with van der Waals surface area (Å²) < 4.78 is 0. The Kier molecular flexibility index (Phi) is 6.66. The molecule has 98 valence electrons. The number of nitrogens with one attached hydrogen (secondary N) is 1. The molecule has 1 N–H and O–H groups in total. The lowest BCUT2D eigenvalue weighted by Crippen LogP contribution is -2.34. The van der Waals surface area contributed by atoms with Crippen LogP contribution in [0.2, 0.25) is 0 Å². The molecule has 0 aromatic rings. The normalized spacial score (nSPS) is 28.9. The lowest BCUT2D eigenvalue weighted by molar-refractivity contribution is 0.187. The molecule has 3 unspecified atom stereocenters. The zero-order valence-electron chi connectivity index (χ0n) is 12.1. The molecule has 0 heterocycles. The number of rotatable bonds is 5. The van der Waals surface area contributed by atoms with Crippen LogP contribution in [0.4, 0.5) is 0 Å². The maximum Gasteiger partial charge on any atom is 0.0120 e. The van der Waals surface area contributed by atoms with Crippen LogP contribution in [0.3, 0.4) is 0 Å². The van der Waals surface area contributed by atoms with Gasteiger partial charge in [-0.3, -0.25) is 0 Å². The first-order valence-electron chi connectivity index (χ1n) is 7.23. The van der Waals surface area contributed by atoms with Crippen molar-refractivity contribution in [3.05, 3.63) is 0 Å². The van der Waals surface area contributed by atoms with Crippen molar-refractivity contribution in [3.63, 3.8) is 0 Å². The molecule has 0 amide bonds. The van der Waals surface area contributed by atoms with Crippen molar-refractivity contribution < 1.29 is 0 Å². The van der Waals surface area contributed by atoms with Crippen LogP contribution in [0.15, 0.2) is 0 Å². The topological polar surface area (TPSA) is 12.0 Å². The second-order valence-electron chi connectivity index (χ2n) is 6.12. The third-order valence-electron chi connectivity index (χ3n) is 3.90. The van der Waals surface area contributed by atoms with Gasteiger partial charge < -0.3 is 5.32 Å². The molecule has 3 atom stereocenters. The number of hydrogen-bond donors (Lipinski definition) is 1. The highest BCUT2D eigenvalue weighted by Crippen LogP contribution is 2.35. The average molecular weight is 235 g/mol. The lowest BCUT2D eigenvalue weighted by Gasteiger charge is -2.34. The maximum atomic E-state index is 3.63. The van der Waals surface area contributed by atoms with E-state index < -0.39 is 0 Å². The summed E-state index contributed by atoms with van der Waals surface area (Å²) in [7, 11) is 0. The van der Waals surface area contributed by atoms with E-state index in [4.69, 9.17) is 0 Å². The van der Waals surface area contributed by atoms with Crippen LogP contribution < -0.4 is 5.32 Å². The quantitative estimate of drug-likeness (QED) is 0.717. The first-order chi connectivity index (χ1) is 8.13. The molecule has 1 saturated carbocycles. The van der Waals surface area contributed by atoms with Crippen LogP contribution in [0.1, 0.15) is 53.4 Å². The SMILES string of the molecule is CC#CCC1CC(C)CCC1CNCC(C)C. The zero-order valence-corrected chi connectivity index (χ0v) is 12.1. The summed E-state index contributed by atoms with van der Waals surface area (Å²) in [6.45, 7) is 11.2. The first kappa shape index (κ1) is 14.6. The van der Waals surface area contributed by atoms with Crippen molar-refractivity contribution >= 4 is 0 Å². The molecule has 0 aromatic carbocycles. The Labute approximate surface area is 108 Å². The largest absolute Gasteiger partial charge is 0.316 e. The van der Waals surface area contributed by atoms with Crippen LogP contribution in [0.25, 0.3) is 0 Å². The van der Waals surface area contributed by atoms with E-state index in [-0.39, 0.29) is 0 Å². The summed E-state index contributed by atoms with van der Waals surface area (Å²) in [4.78, 5) is 0. The Balaban J connectivity index is 2.39. The van der Waals surface area contributed by atoms with E-state index in [0.717, 1.165) is 36.6 Å². The van der Waals surface area contributed by atoms with E-state index in [9.17, 15) is 0 Å². The molecule has 0 aromatic heterocycles. The molecule has 0 saturated heterocycles. The van der Waals surface area contributed by atoms with Gasteiger partial charge in [0.2, 0.25) is 0 Å².